The van der Waals surface area contributed by atoms with Crippen molar-refractivity contribution in [3.63, 3.8) is 0 Å². The van der Waals surface area contributed by atoms with Gasteiger partial charge in [0.05, 0.1) is 13.2 Å². The molecule has 1 aromatic carbocycles. The summed E-state index contributed by atoms with van der Waals surface area (Å²) in [6, 6.07) is 6.66. The maximum Gasteiger partial charge on any atom is 0.271 e. The van der Waals surface area contributed by atoms with Crippen LogP contribution >= 0.6 is 0 Å². The summed E-state index contributed by atoms with van der Waals surface area (Å²) in [7, 11) is 1.53. The summed E-state index contributed by atoms with van der Waals surface area (Å²) < 4.78 is 32.5. The lowest BCUT2D eigenvalue weighted by molar-refractivity contribution is 0.0900. The number of ether oxygens (including phenoxy) is 1. The molecule has 0 unspecified atom stereocenters. The summed E-state index contributed by atoms with van der Waals surface area (Å²) in [5.41, 5.74) is 0.614. The first-order chi connectivity index (χ1) is 14.0. The highest BCUT2D eigenvalue weighted by Crippen LogP contribution is 2.16. The summed E-state index contributed by atoms with van der Waals surface area (Å²) in [4.78, 5) is 26.4. The normalized spacial score (nSPS) is 15.4. The third-order valence-corrected chi connectivity index (χ3v) is 4.92. The highest BCUT2D eigenvalue weighted by Gasteiger charge is 2.22. The largest absolute Gasteiger partial charge is 0.383 e. The van der Waals surface area contributed by atoms with Gasteiger partial charge >= 0.3 is 0 Å². The van der Waals surface area contributed by atoms with Gasteiger partial charge in [-0.15, -0.1) is 0 Å². The summed E-state index contributed by atoms with van der Waals surface area (Å²) in [5, 5.41) is 7.05. The molecule has 7 nitrogen and oxygen atoms in total. The van der Waals surface area contributed by atoms with E-state index in [-0.39, 0.29) is 29.7 Å². The molecule has 3 rings (SSSR count). The van der Waals surface area contributed by atoms with E-state index in [4.69, 9.17) is 4.74 Å². The summed E-state index contributed by atoms with van der Waals surface area (Å²) in [6.07, 6.45) is 1.47. The number of benzene rings is 1. The number of methoxy groups -OCH3 is 1. The lowest BCUT2D eigenvalue weighted by atomic mass is 10.0. The van der Waals surface area contributed by atoms with Crippen molar-refractivity contribution in [1.82, 2.24) is 20.0 Å². The molecular weight excluding hydrogens is 382 g/mol. The number of carbonyl (C=O) groups excluding carboxylic acids is 1. The highest BCUT2D eigenvalue weighted by molar-refractivity contribution is 5.92. The highest BCUT2D eigenvalue weighted by atomic mass is 19.2. The van der Waals surface area contributed by atoms with Gasteiger partial charge in [0.1, 0.15) is 5.69 Å². The van der Waals surface area contributed by atoms with Gasteiger partial charge in [0.15, 0.2) is 11.6 Å². The second kappa shape index (κ2) is 9.71. The van der Waals surface area contributed by atoms with Crippen LogP contribution in [-0.2, 0) is 17.8 Å². The van der Waals surface area contributed by atoms with Gasteiger partial charge in [-0.3, -0.25) is 14.5 Å². The molecule has 0 radical (unpaired) electrons. The van der Waals surface area contributed by atoms with Crippen LogP contribution < -0.4 is 10.9 Å². The first-order valence-electron chi connectivity index (χ1n) is 9.50. The molecule has 1 fully saturated rings. The molecular formula is C20H24F2N4O3. The quantitative estimate of drug-likeness (QED) is 0.755. The van der Waals surface area contributed by atoms with Crippen molar-refractivity contribution in [1.29, 1.82) is 0 Å². The van der Waals surface area contributed by atoms with Crippen molar-refractivity contribution in [2.75, 3.05) is 26.8 Å². The van der Waals surface area contributed by atoms with Crippen molar-refractivity contribution in [2.45, 2.75) is 32.0 Å². The maximum absolute atomic E-state index is 13.3. The van der Waals surface area contributed by atoms with Gasteiger partial charge in [0.2, 0.25) is 0 Å². The average molecular weight is 406 g/mol. The molecule has 1 aliphatic rings. The van der Waals surface area contributed by atoms with Gasteiger partial charge < -0.3 is 10.1 Å². The van der Waals surface area contributed by atoms with Gasteiger partial charge in [-0.1, -0.05) is 6.07 Å². The average Bonchev–Trinajstić information content (AvgIpc) is 2.71. The topological polar surface area (TPSA) is 76.5 Å². The molecule has 0 atom stereocenters. The Labute approximate surface area is 167 Å². The summed E-state index contributed by atoms with van der Waals surface area (Å²) >= 11 is 0. The van der Waals surface area contributed by atoms with E-state index in [1.54, 1.807) is 6.07 Å². The van der Waals surface area contributed by atoms with Crippen LogP contribution in [0, 0.1) is 11.6 Å². The summed E-state index contributed by atoms with van der Waals surface area (Å²) in [6.45, 7) is 2.59. The Morgan fingerprint density at radius 1 is 1.21 bits per heavy atom. The van der Waals surface area contributed by atoms with Crippen LogP contribution in [0.1, 0.15) is 28.9 Å². The van der Waals surface area contributed by atoms with Crippen LogP contribution in [0.3, 0.4) is 0 Å². The second-order valence-corrected chi connectivity index (χ2v) is 7.05. The molecule has 1 N–H and O–H groups in total. The van der Waals surface area contributed by atoms with Crippen LogP contribution in [0.25, 0.3) is 0 Å². The number of rotatable bonds is 7. The van der Waals surface area contributed by atoms with Gasteiger partial charge in [-0.05, 0) is 36.6 Å². The van der Waals surface area contributed by atoms with Crippen molar-refractivity contribution in [2.24, 2.45) is 0 Å². The van der Waals surface area contributed by atoms with Gasteiger partial charge in [-0.2, -0.15) is 5.10 Å². The predicted molar refractivity (Wildman–Crippen MR) is 102 cm³/mol. The van der Waals surface area contributed by atoms with Crippen molar-refractivity contribution in [3.05, 3.63) is 63.6 Å². The van der Waals surface area contributed by atoms with Crippen molar-refractivity contribution < 1.29 is 18.3 Å². The molecule has 1 amide bonds. The third-order valence-electron chi connectivity index (χ3n) is 4.92. The Hall–Kier alpha value is -2.65. The van der Waals surface area contributed by atoms with Gasteiger partial charge in [0.25, 0.3) is 11.5 Å². The Bertz CT molecular complexity index is 911. The van der Waals surface area contributed by atoms with Crippen molar-refractivity contribution in [3.8, 4) is 0 Å². The Kier molecular flexibility index (Phi) is 7.05. The number of piperidine rings is 1. The molecule has 29 heavy (non-hydrogen) atoms. The molecule has 1 aliphatic heterocycles. The smallest absolute Gasteiger partial charge is 0.271 e. The van der Waals surface area contributed by atoms with Crippen LogP contribution in [-0.4, -0.2) is 53.4 Å². The standard InChI is InChI=1S/C20H24F2N4O3/c1-29-11-10-26-19(27)5-4-18(24-26)20(28)23-15-6-8-25(9-7-15)13-14-2-3-16(21)17(22)12-14/h2-5,12,15H,6-11,13H2,1H3,(H,23,28). The number of carbonyl (C=O) groups is 1. The van der Waals surface area contributed by atoms with E-state index in [0.29, 0.717) is 18.7 Å². The Balaban J connectivity index is 1.52. The molecule has 0 spiro atoms. The van der Waals surface area contributed by atoms with Gasteiger partial charge in [-0.25, -0.2) is 13.5 Å². The zero-order valence-electron chi connectivity index (χ0n) is 16.2. The molecule has 2 heterocycles. The predicted octanol–water partition coefficient (Wildman–Crippen LogP) is 1.56. The van der Waals surface area contributed by atoms with Crippen LogP contribution in [0.2, 0.25) is 0 Å². The van der Waals surface area contributed by atoms with Crippen LogP contribution in [0.4, 0.5) is 8.78 Å². The SMILES string of the molecule is COCCn1nc(C(=O)NC2CCN(Cc3ccc(F)c(F)c3)CC2)ccc1=O. The van der Waals surface area contributed by atoms with Crippen LogP contribution in [0.5, 0.6) is 0 Å². The Morgan fingerprint density at radius 2 is 1.97 bits per heavy atom. The minimum atomic E-state index is -0.850. The zero-order valence-corrected chi connectivity index (χ0v) is 16.2. The van der Waals surface area contributed by atoms with E-state index in [0.717, 1.165) is 32.0 Å². The molecule has 1 saturated heterocycles. The minimum Gasteiger partial charge on any atom is -0.383 e. The van der Waals surface area contributed by atoms with Crippen molar-refractivity contribution >= 4 is 5.91 Å². The number of nitrogens with zero attached hydrogens (tertiary/aromatic N) is 3. The van der Waals surface area contributed by atoms with E-state index in [1.165, 1.54) is 30.0 Å². The fraction of sp³-hybridized carbons (Fsp3) is 0.450. The Morgan fingerprint density at radius 3 is 2.66 bits per heavy atom. The van der Waals surface area contributed by atoms with Gasteiger partial charge in [0, 0.05) is 38.9 Å². The zero-order chi connectivity index (χ0) is 20.8. The monoisotopic (exact) mass is 406 g/mol. The first-order valence-corrected chi connectivity index (χ1v) is 9.50. The molecule has 0 bridgehead atoms. The van der Waals surface area contributed by atoms with E-state index in [1.807, 2.05) is 0 Å². The number of hydrogen-bond acceptors (Lipinski definition) is 5. The van der Waals surface area contributed by atoms with E-state index < -0.39 is 11.6 Å². The molecule has 0 saturated carbocycles. The number of hydrogen-bond donors (Lipinski definition) is 1. The number of nitrogens with one attached hydrogen (secondary N) is 1. The third kappa shape index (κ3) is 5.68. The lowest BCUT2D eigenvalue weighted by Gasteiger charge is -2.32. The second-order valence-electron chi connectivity index (χ2n) is 7.05. The van der Waals surface area contributed by atoms with Crippen LogP contribution in [0.15, 0.2) is 35.1 Å². The summed E-state index contributed by atoms with van der Waals surface area (Å²) in [5.74, 6) is -2.02. The molecule has 156 valence electrons. The molecule has 0 aliphatic carbocycles. The lowest BCUT2D eigenvalue weighted by Crippen LogP contribution is -2.44. The maximum atomic E-state index is 13.3. The fourth-order valence-electron chi connectivity index (χ4n) is 3.30. The number of aromatic nitrogens is 2. The fourth-order valence-corrected chi connectivity index (χ4v) is 3.30. The number of likely N-dealkylation sites (tertiary alicyclic amines) is 1. The molecule has 9 heteroatoms. The van der Waals surface area contributed by atoms with E-state index in [9.17, 15) is 18.4 Å². The number of amides is 1. The minimum absolute atomic E-state index is 0.00939. The molecule has 1 aromatic heterocycles. The number of halogens is 2. The van der Waals surface area contributed by atoms with E-state index >= 15 is 0 Å². The van der Waals surface area contributed by atoms with E-state index in [2.05, 4.69) is 15.3 Å². The first kappa shape index (κ1) is 21.1. The molecule has 2 aromatic rings.